The molecule has 0 atom stereocenters. The second kappa shape index (κ2) is 6.81. The molecule has 3 nitrogen and oxygen atoms in total. The van der Waals surface area contributed by atoms with E-state index in [0.717, 1.165) is 27.1 Å². The summed E-state index contributed by atoms with van der Waals surface area (Å²) in [5.74, 6) is 1.20. The van der Waals surface area contributed by atoms with Crippen molar-refractivity contribution >= 4 is 33.5 Å². The van der Waals surface area contributed by atoms with Crippen LogP contribution in [0.1, 0.15) is 25.3 Å². The van der Waals surface area contributed by atoms with Crippen LogP contribution in [-0.2, 0) is 0 Å². The van der Waals surface area contributed by atoms with E-state index in [1.807, 2.05) is 18.2 Å². The van der Waals surface area contributed by atoms with Crippen molar-refractivity contribution in [3.63, 3.8) is 0 Å². The van der Waals surface area contributed by atoms with Gasteiger partial charge in [0.05, 0.1) is 0 Å². The molecular weight excluding hydrogens is 288 g/mol. The van der Waals surface area contributed by atoms with Gasteiger partial charge in [-0.1, -0.05) is 34.4 Å². The van der Waals surface area contributed by atoms with Crippen LogP contribution in [0.3, 0.4) is 0 Å². The first-order valence-electron chi connectivity index (χ1n) is 5.09. The molecule has 5 heteroatoms. The molecule has 0 saturated carbocycles. The van der Waals surface area contributed by atoms with Crippen molar-refractivity contribution in [1.29, 1.82) is 0 Å². The quantitative estimate of drug-likeness (QED) is 0.219. The average Bonchev–Trinajstić information content (AvgIpc) is 2.29. The second-order valence-electron chi connectivity index (χ2n) is 3.33. The molecule has 88 valence electrons. The lowest BCUT2D eigenvalue weighted by Gasteiger charge is -2.08. The van der Waals surface area contributed by atoms with Gasteiger partial charge in [-0.2, -0.15) is 0 Å². The van der Waals surface area contributed by atoms with Crippen LogP contribution < -0.4 is 5.73 Å². The maximum absolute atomic E-state index is 8.70. The van der Waals surface area contributed by atoms with Gasteiger partial charge in [0, 0.05) is 14.9 Å². The fourth-order valence-electron chi connectivity index (χ4n) is 1.21. The van der Waals surface area contributed by atoms with E-state index in [9.17, 15) is 0 Å². The summed E-state index contributed by atoms with van der Waals surface area (Å²) in [7, 11) is 0. The minimum atomic E-state index is 0.159. The Kier molecular flexibility index (Phi) is 5.69. The number of nitrogens with zero attached hydrogens (tertiary/aromatic N) is 1. The molecule has 0 aliphatic heterocycles. The summed E-state index contributed by atoms with van der Waals surface area (Å²) in [5.41, 5.74) is 6.40. The minimum absolute atomic E-state index is 0.159. The Morgan fingerprint density at radius 3 is 2.94 bits per heavy atom. The number of amidine groups is 1. The number of hydrogen-bond acceptors (Lipinski definition) is 3. The number of hydrogen-bond donors (Lipinski definition) is 2. The van der Waals surface area contributed by atoms with E-state index in [2.05, 4.69) is 28.0 Å². The third-order valence-corrected chi connectivity index (χ3v) is 3.72. The van der Waals surface area contributed by atoms with Crippen molar-refractivity contribution in [3.05, 3.63) is 28.2 Å². The lowest BCUT2D eigenvalue weighted by Crippen LogP contribution is -2.14. The molecule has 0 bridgehead atoms. The Morgan fingerprint density at radius 2 is 2.31 bits per heavy atom. The number of rotatable bonds is 5. The predicted octanol–water partition coefficient (Wildman–Crippen LogP) is 3.44. The van der Waals surface area contributed by atoms with E-state index in [-0.39, 0.29) is 5.84 Å². The maximum Gasteiger partial charge on any atom is 0.171 e. The third kappa shape index (κ3) is 3.72. The molecule has 3 N–H and O–H groups in total. The minimum Gasteiger partial charge on any atom is -0.409 e. The van der Waals surface area contributed by atoms with Crippen molar-refractivity contribution in [2.45, 2.75) is 24.7 Å². The molecular formula is C11H15BrN2OS. The van der Waals surface area contributed by atoms with Crippen LogP contribution in [0.2, 0.25) is 0 Å². The summed E-state index contributed by atoms with van der Waals surface area (Å²) in [4.78, 5) is 1.04. The van der Waals surface area contributed by atoms with Crippen molar-refractivity contribution in [2.75, 3.05) is 5.75 Å². The number of benzene rings is 1. The fraction of sp³-hybridized carbons (Fsp3) is 0.364. The normalized spacial score (nSPS) is 11.8. The van der Waals surface area contributed by atoms with Gasteiger partial charge in [0.2, 0.25) is 0 Å². The van der Waals surface area contributed by atoms with Crippen LogP contribution >= 0.6 is 27.7 Å². The molecule has 0 saturated heterocycles. The SMILES string of the molecule is CCCCSc1cc(Br)ccc1/C(N)=N/O. The van der Waals surface area contributed by atoms with E-state index in [1.54, 1.807) is 11.8 Å². The maximum atomic E-state index is 8.70. The zero-order valence-electron chi connectivity index (χ0n) is 9.11. The average molecular weight is 303 g/mol. The Bertz CT molecular complexity index is 382. The van der Waals surface area contributed by atoms with Gasteiger partial charge in [-0.25, -0.2) is 0 Å². The van der Waals surface area contributed by atoms with E-state index >= 15 is 0 Å². The molecule has 0 aliphatic carbocycles. The number of thioether (sulfide) groups is 1. The van der Waals surface area contributed by atoms with Gasteiger partial charge in [-0.05, 0) is 30.4 Å². The van der Waals surface area contributed by atoms with Gasteiger partial charge in [0.25, 0.3) is 0 Å². The van der Waals surface area contributed by atoms with E-state index in [1.165, 1.54) is 6.42 Å². The highest BCUT2D eigenvalue weighted by molar-refractivity contribution is 9.10. The molecule has 1 rings (SSSR count). The molecule has 0 heterocycles. The van der Waals surface area contributed by atoms with Gasteiger partial charge >= 0.3 is 0 Å². The lowest BCUT2D eigenvalue weighted by atomic mass is 10.2. The van der Waals surface area contributed by atoms with Crippen LogP contribution in [0.15, 0.2) is 32.7 Å². The van der Waals surface area contributed by atoms with Crippen molar-refractivity contribution in [1.82, 2.24) is 0 Å². The van der Waals surface area contributed by atoms with Crippen LogP contribution in [0.5, 0.6) is 0 Å². The first kappa shape index (κ1) is 13.4. The topological polar surface area (TPSA) is 58.6 Å². The molecule has 0 fully saturated rings. The van der Waals surface area contributed by atoms with Crippen LogP contribution in [0.25, 0.3) is 0 Å². The Morgan fingerprint density at radius 1 is 1.56 bits per heavy atom. The van der Waals surface area contributed by atoms with E-state index < -0.39 is 0 Å². The number of nitrogens with two attached hydrogens (primary N) is 1. The lowest BCUT2D eigenvalue weighted by molar-refractivity contribution is 0.318. The summed E-state index contributed by atoms with van der Waals surface area (Å²) in [6.07, 6.45) is 2.33. The summed E-state index contributed by atoms with van der Waals surface area (Å²) in [5, 5.41) is 11.7. The number of oxime groups is 1. The summed E-state index contributed by atoms with van der Waals surface area (Å²) in [6, 6.07) is 5.73. The molecule has 1 aromatic carbocycles. The zero-order chi connectivity index (χ0) is 12.0. The summed E-state index contributed by atoms with van der Waals surface area (Å²) < 4.78 is 1.00. The molecule has 0 aromatic heterocycles. The third-order valence-electron chi connectivity index (χ3n) is 2.08. The number of halogens is 1. The Hall–Kier alpha value is -0.680. The first-order valence-corrected chi connectivity index (χ1v) is 6.87. The highest BCUT2D eigenvalue weighted by atomic mass is 79.9. The summed E-state index contributed by atoms with van der Waals surface area (Å²) in [6.45, 7) is 2.16. The standard InChI is InChI=1S/C11H15BrN2OS/c1-2-3-6-16-10-7-8(12)4-5-9(10)11(13)14-15/h4-5,7,15H,2-3,6H2,1H3,(H2,13,14). The van der Waals surface area contributed by atoms with Crippen LogP contribution in [-0.4, -0.2) is 16.8 Å². The highest BCUT2D eigenvalue weighted by Crippen LogP contribution is 2.27. The fourth-order valence-corrected chi connectivity index (χ4v) is 2.91. The predicted molar refractivity (Wildman–Crippen MR) is 72.3 cm³/mol. The second-order valence-corrected chi connectivity index (χ2v) is 5.38. The summed E-state index contributed by atoms with van der Waals surface area (Å²) >= 11 is 5.15. The zero-order valence-corrected chi connectivity index (χ0v) is 11.5. The molecule has 0 amide bonds. The van der Waals surface area contributed by atoms with Gasteiger partial charge in [0.1, 0.15) is 0 Å². The van der Waals surface area contributed by atoms with Crippen molar-refractivity contribution < 1.29 is 5.21 Å². The molecule has 0 spiro atoms. The van der Waals surface area contributed by atoms with Crippen LogP contribution in [0, 0.1) is 0 Å². The molecule has 0 aliphatic rings. The van der Waals surface area contributed by atoms with Crippen LogP contribution in [0.4, 0.5) is 0 Å². The van der Waals surface area contributed by atoms with Gasteiger partial charge in [-0.3, -0.25) is 0 Å². The van der Waals surface area contributed by atoms with Crippen molar-refractivity contribution in [3.8, 4) is 0 Å². The highest BCUT2D eigenvalue weighted by Gasteiger charge is 2.07. The molecule has 0 radical (unpaired) electrons. The monoisotopic (exact) mass is 302 g/mol. The first-order chi connectivity index (χ1) is 7.69. The molecule has 0 unspecified atom stereocenters. The van der Waals surface area contributed by atoms with Gasteiger partial charge in [-0.15, -0.1) is 11.8 Å². The van der Waals surface area contributed by atoms with Crippen molar-refractivity contribution in [2.24, 2.45) is 10.9 Å². The van der Waals surface area contributed by atoms with E-state index in [4.69, 9.17) is 10.9 Å². The molecule has 1 aromatic rings. The van der Waals surface area contributed by atoms with Gasteiger partial charge < -0.3 is 10.9 Å². The smallest absolute Gasteiger partial charge is 0.171 e. The van der Waals surface area contributed by atoms with Gasteiger partial charge in [0.15, 0.2) is 5.84 Å². The molecule has 16 heavy (non-hydrogen) atoms. The largest absolute Gasteiger partial charge is 0.409 e. The van der Waals surface area contributed by atoms with E-state index in [0.29, 0.717) is 0 Å². The Balaban J connectivity index is 2.90. The Labute approximate surface area is 108 Å². The number of unbranched alkanes of at least 4 members (excludes halogenated alkanes) is 1.